The van der Waals surface area contributed by atoms with E-state index in [-0.39, 0.29) is 18.8 Å². The maximum atomic E-state index is 12.4. The number of rotatable bonds is 12. The van der Waals surface area contributed by atoms with E-state index >= 15 is 0 Å². The van der Waals surface area contributed by atoms with E-state index in [1.54, 1.807) is 13.8 Å². The Bertz CT molecular complexity index is 553. The predicted molar refractivity (Wildman–Crippen MR) is 91.2 cm³/mol. The van der Waals surface area contributed by atoms with Crippen LogP contribution in [0.5, 0.6) is 0 Å². The van der Waals surface area contributed by atoms with Gasteiger partial charge in [-0.1, -0.05) is 20.3 Å². The highest BCUT2D eigenvalue weighted by Gasteiger charge is 2.30. The summed E-state index contributed by atoms with van der Waals surface area (Å²) < 4.78 is 0. The van der Waals surface area contributed by atoms with Gasteiger partial charge in [0, 0.05) is 6.42 Å². The zero-order valence-electron chi connectivity index (χ0n) is 14.9. The second-order valence-corrected chi connectivity index (χ2v) is 6.05. The van der Waals surface area contributed by atoms with E-state index in [9.17, 15) is 29.1 Å². The molecule has 0 aliphatic heterocycles. The summed E-state index contributed by atoms with van der Waals surface area (Å²) in [6, 6.07) is -3.68. The number of hydrogen-bond acceptors (Lipinski definition) is 6. The van der Waals surface area contributed by atoms with Gasteiger partial charge in [-0.3, -0.25) is 19.2 Å². The zero-order valence-corrected chi connectivity index (χ0v) is 14.9. The Morgan fingerprint density at radius 3 is 2.00 bits per heavy atom. The van der Waals surface area contributed by atoms with Gasteiger partial charge in [0.15, 0.2) is 0 Å². The summed E-state index contributed by atoms with van der Waals surface area (Å²) in [4.78, 5) is 57.5. The fourth-order valence-electron chi connectivity index (χ4n) is 2.08. The third kappa shape index (κ3) is 8.42. The summed E-state index contributed by atoms with van der Waals surface area (Å²) in [5.74, 6) is -4.70. The van der Waals surface area contributed by atoms with Crippen molar-refractivity contribution >= 4 is 29.6 Å². The maximum absolute atomic E-state index is 12.4. The molecule has 0 aromatic heterocycles. The molecule has 11 heteroatoms. The number of carboxylic acids is 1. The maximum Gasteiger partial charge on any atom is 0.326 e. The van der Waals surface area contributed by atoms with Crippen LogP contribution in [0.2, 0.25) is 0 Å². The molecular weight excluding hydrogens is 346 g/mol. The van der Waals surface area contributed by atoms with E-state index in [1.165, 1.54) is 0 Å². The van der Waals surface area contributed by atoms with Crippen molar-refractivity contribution in [1.82, 2.24) is 10.6 Å². The lowest BCUT2D eigenvalue weighted by Gasteiger charge is -2.25. The molecular formula is C15H27N5O6. The van der Waals surface area contributed by atoms with Crippen molar-refractivity contribution < 1.29 is 29.1 Å². The molecule has 26 heavy (non-hydrogen) atoms. The van der Waals surface area contributed by atoms with Gasteiger partial charge in [0.1, 0.15) is 12.1 Å². The molecule has 4 atom stereocenters. The molecule has 0 aromatic carbocycles. The van der Waals surface area contributed by atoms with Crippen LogP contribution in [-0.2, 0) is 24.0 Å². The summed E-state index contributed by atoms with van der Waals surface area (Å²) in [5.41, 5.74) is 15.5. The quantitative estimate of drug-likeness (QED) is 0.217. The van der Waals surface area contributed by atoms with Gasteiger partial charge >= 0.3 is 5.97 Å². The molecule has 9 N–H and O–H groups in total. The fourth-order valence-corrected chi connectivity index (χ4v) is 2.08. The Morgan fingerprint density at radius 1 is 1.00 bits per heavy atom. The number of nitrogens with two attached hydrogens (primary N) is 3. The average Bonchev–Trinajstić information content (AvgIpc) is 2.53. The highest BCUT2D eigenvalue weighted by molar-refractivity contribution is 5.93. The lowest BCUT2D eigenvalue weighted by atomic mass is 9.98. The third-order valence-electron chi connectivity index (χ3n) is 3.85. The number of carbonyl (C=O) groups excluding carboxylic acids is 4. The number of aliphatic carboxylic acids is 1. The van der Waals surface area contributed by atoms with E-state index in [2.05, 4.69) is 10.6 Å². The first kappa shape index (κ1) is 23.3. The van der Waals surface area contributed by atoms with E-state index in [1.807, 2.05) is 0 Å². The van der Waals surface area contributed by atoms with Crippen LogP contribution in [0.1, 0.15) is 39.5 Å². The summed E-state index contributed by atoms with van der Waals surface area (Å²) in [6.45, 7) is 3.42. The fraction of sp³-hybridized carbons (Fsp3) is 0.667. The van der Waals surface area contributed by atoms with Crippen molar-refractivity contribution in [2.24, 2.45) is 23.1 Å². The van der Waals surface area contributed by atoms with Gasteiger partial charge in [-0.15, -0.1) is 0 Å². The van der Waals surface area contributed by atoms with Gasteiger partial charge in [-0.05, 0) is 12.3 Å². The van der Waals surface area contributed by atoms with Crippen LogP contribution in [0.25, 0.3) is 0 Å². The van der Waals surface area contributed by atoms with Crippen molar-refractivity contribution in [1.29, 1.82) is 0 Å². The minimum absolute atomic E-state index is 0.150. The third-order valence-corrected chi connectivity index (χ3v) is 3.85. The van der Waals surface area contributed by atoms with E-state index < -0.39 is 54.1 Å². The Hall–Kier alpha value is -2.69. The lowest BCUT2D eigenvalue weighted by Crippen LogP contribution is -2.56. The topological polar surface area (TPSA) is 208 Å². The standard InChI is InChI=1S/C15H27N5O6/c1-3-7(2)12(15(25)26)20-14(24)9(4-5-10(17)21)19-13(23)8(16)6-11(18)22/h7-9,12H,3-6,16H2,1-2H3,(H2,17,21)(H2,18,22)(H,19,23)(H,20,24)(H,25,26)/t7-,8-,9-,12-/m0/s1. The lowest BCUT2D eigenvalue weighted by molar-refractivity contribution is -0.144. The Balaban J connectivity index is 5.17. The summed E-state index contributed by atoms with van der Waals surface area (Å²) in [6.07, 6.45) is -0.298. The van der Waals surface area contributed by atoms with Crippen molar-refractivity contribution in [2.75, 3.05) is 0 Å². The molecule has 0 rings (SSSR count). The molecule has 0 aliphatic rings. The van der Waals surface area contributed by atoms with Gasteiger partial charge in [0.25, 0.3) is 0 Å². The molecule has 0 radical (unpaired) electrons. The predicted octanol–water partition coefficient (Wildman–Crippen LogP) is -2.45. The molecule has 4 amide bonds. The zero-order chi connectivity index (χ0) is 20.4. The van der Waals surface area contributed by atoms with Crippen LogP contribution in [0.3, 0.4) is 0 Å². The first-order valence-electron chi connectivity index (χ1n) is 8.15. The highest BCUT2D eigenvalue weighted by atomic mass is 16.4. The van der Waals surface area contributed by atoms with E-state index in [0.29, 0.717) is 6.42 Å². The molecule has 11 nitrogen and oxygen atoms in total. The number of carbonyl (C=O) groups is 5. The van der Waals surface area contributed by atoms with Crippen molar-refractivity contribution in [3.8, 4) is 0 Å². The summed E-state index contributed by atoms with van der Waals surface area (Å²) >= 11 is 0. The van der Waals surface area contributed by atoms with Crippen LogP contribution in [-0.4, -0.2) is 52.8 Å². The SMILES string of the molecule is CC[C@H](C)[C@H](NC(=O)[C@H](CCC(N)=O)NC(=O)[C@@H](N)CC(N)=O)C(=O)O. The molecule has 0 spiro atoms. The molecule has 0 saturated heterocycles. The monoisotopic (exact) mass is 373 g/mol. The minimum atomic E-state index is -1.28. The molecule has 0 aromatic rings. The molecule has 148 valence electrons. The second-order valence-electron chi connectivity index (χ2n) is 6.05. The Kier molecular flexibility index (Phi) is 9.89. The van der Waals surface area contributed by atoms with Crippen molar-refractivity contribution in [3.05, 3.63) is 0 Å². The van der Waals surface area contributed by atoms with Crippen molar-refractivity contribution in [2.45, 2.75) is 57.7 Å². The van der Waals surface area contributed by atoms with Gasteiger partial charge in [0.2, 0.25) is 23.6 Å². The van der Waals surface area contributed by atoms with Crippen LogP contribution in [0.4, 0.5) is 0 Å². The number of carboxylic acid groups (broad SMARTS) is 1. The summed E-state index contributed by atoms with van der Waals surface area (Å²) in [7, 11) is 0. The van der Waals surface area contributed by atoms with Crippen molar-refractivity contribution in [3.63, 3.8) is 0 Å². The molecule has 0 fully saturated rings. The van der Waals surface area contributed by atoms with Crippen LogP contribution in [0.15, 0.2) is 0 Å². The average molecular weight is 373 g/mol. The Morgan fingerprint density at radius 2 is 1.58 bits per heavy atom. The van der Waals surface area contributed by atoms with Crippen LogP contribution >= 0.6 is 0 Å². The molecule has 0 aliphatic carbocycles. The van der Waals surface area contributed by atoms with Gasteiger partial charge < -0.3 is 32.9 Å². The first-order valence-corrected chi connectivity index (χ1v) is 8.15. The first-order chi connectivity index (χ1) is 12.0. The minimum Gasteiger partial charge on any atom is -0.480 e. The van der Waals surface area contributed by atoms with Gasteiger partial charge in [-0.2, -0.15) is 0 Å². The molecule has 0 heterocycles. The van der Waals surface area contributed by atoms with Crippen LogP contribution < -0.4 is 27.8 Å². The second kappa shape index (κ2) is 11.0. The number of primary amides is 2. The summed E-state index contributed by atoms with van der Waals surface area (Å²) in [5, 5.41) is 13.9. The van der Waals surface area contributed by atoms with Gasteiger partial charge in [-0.25, -0.2) is 4.79 Å². The van der Waals surface area contributed by atoms with Crippen LogP contribution in [0, 0.1) is 5.92 Å². The molecule has 0 unspecified atom stereocenters. The number of nitrogens with one attached hydrogen (secondary N) is 2. The molecule has 0 saturated carbocycles. The van der Waals surface area contributed by atoms with Gasteiger partial charge in [0.05, 0.1) is 12.5 Å². The smallest absolute Gasteiger partial charge is 0.326 e. The number of hydrogen-bond donors (Lipinski definition) is 6. The van der Waals surface area contributed by atoms with E-state index in [0.717, 1.165) is 0 Å². The highest BCUT2D eigenvalue weighted by Crippen LogP contribution is 2.09. The van der Waals surface area contributed by atoms with E-state index in [4.69, 9.17) is 17.2 Å². The number of amides is 4. The largest absolute Gasteiger partial charge is 0.480 e. The Labute approximate surface area is 151 Å². The normalized spacial score (nSPS) is 15.2. The molecule has 0 bridgehead atoms.